The Labute approximate surface area is 218 Å². The first-order valence-corrected chi connectivity index (χ1v) is 12.4. The van der Waals surface area contributed by atoms with Crippen molar-refractivity contribution in [1.29, 1.82) is 5.41 Å². The Morgan fingerprint density at radius 3 is 1.92 bits per heavy atom. The van der Waals surface area contributed by atoms with E-state index in [1.807, 2.05) is 104 Å². The maximum Gasteiger partial charge on any atom is 0.242 e. The molecule has 37 heavy (non-hydrogen) atoms. The summed E-state index contributed by atoms with van der Waals surface area (Å²) in [5.41, 5.74) is 9.12. The van der Waals surface area contributed by atoms with Gasteiger partial charge in [0.05, 0.1) is 5.92 Å². The van der Waals surface area contributed by atoms with Crippen molar-refractivity contribution >= 4 is 23.5 Å². The predicted molar refractivity (Wildman–Crippen MR) is 148 cm³/mol. The van der Waals surface area contributed by atoms with Crippen LogP contribution >= 0.6 is 0 Å². The van der Waals surface area contributed by atoms with Crippen molar-refractivity contribution in [2.24, 2.45) is 5.73 Å². The van der Waals surface area contributed by atoms with E-state index >= 15 is 0 Å². The molecule has 8 nitrogen and oxygen atoms in total. The molecule has 0 aliphatic heterocycles. The summed E-state index contributed by atoms with van der Waals surface area (Å²) < 4.78 is 0. The quantitative estimate of drug-likeness (QED) is 0.149. The Bertz CT molecular complexity index is 1110. The zero-order valence-corrected chi connectivity index (χ0v) is 21.4. The van der Waals surface area contributed by atoms with Gasteiger partial charge >= 0.3 is 0 Å². The summed E-state index contributed by atoms with van der Waals surface area (Å²) in [6.45, 7) is 0.785. The van der Waals surface area contributed by atoms with Crippen LogP contribution in [0, 0.1) is 5.41 Å². The van der Waals surface area contributed by atoms with E-state index in [1.54, 1.807) is 0 Å². The van der Waals surface area contributed by atoms with Crippen LogP contribution in [0.5, 0.6) is 0 Å². The molecule has 0 radical (unpaired) electrons. The molecule has 0 aliphatic carbocycles. The van der Waals surface area contributed by atoms with E-state index in [9.17, 15) is 9.59 Å². The fourth-order valence-electron chi connectivity index (χ4n) is 4.06. The number of benzene rings is 3. The maximum absolute atomic E-state index is 13.6. The van der Waals surface area contributed by atoms with Gasteiger partial charge in [-0.25, -0.2) is 0 Å². The number of anilines is 1. The van der Waals surface area contributed by atoms with E-state index in [2.05, 4.69) is 16.0 Å². The number of nitrogens with zero attached hydrogens (tertiary/aromatic N) is 1. The summed E-state index contributed by atoms with van der Waals surface area (Å²) in [6, 6.07) is 26.3. The van der Waals surface area contributed by atoms with Gasteiger partial charge in [0.1, 0.15) is 6.04 Å². The highest BCUT2D eigenvalue weighted by molar-refractivity contribution is 5.92. The topological polar surface area (TPSA) is 123 Å². The molecule has 6 N–H and O–H groups in total. The Kier molecular flexibility index (Phi) is 10.1. The molecule has 0 saturated carbocycles. The minimum atomic E-state index is -0.739. The molecule has 0 spiro atoms. The Hall–Kier alpha value is -4.33. The van der Waals surface area contributed by atoms with Crippen molar-refractivity contribution in [3.05, 3.63) is 102 Å². The number of rotatable bonds is 12. The van der Waals surface area contributed by atoms with Gasteiger partial charge in [0, 0.05) is 32.9 Å². The van der Waals surface area contributed by atoms with Crippen LogP contribution in [0.15, 0.2) is 84.9 Å². The first-order valence-electron chi connectivity index (χ1n) is 12.4. The monoisotopic (exact) mass is 500 g/mol. The van der Waals surface area contributed by atoms with Gasteiger partial charge in [0.2, 0.25) is 11.8 Å². The average Bonchev–Trinajstić information content (AvgIpc) is 2.90. The van der Waals surface area contributed by atoms with Crippen LogP contribution in [0.4, 0.5) is 5.69 Å². The van der Waals surface area contributed by atoms with E-state index in [-0.39, 0.29) is 17.8 Å². The van der Waals surface area contributed by atoms with Crippen LogP contribution in [-0.4, -0.2) is 44.5 Å². The number of nitrogens with two attached hydrogens (primary N) is 1. The number of carbonyl (C=O) groups excluding carboxylic acids is 2. The van der Waals surface area contributed by atoms with Gasteiger partial charge in [-0.2, -0.15) is 0 Å². The summed E-state index contributed by atoms with van der Waals surface area (Å²) in [5, 5.41) is 16.1. The second-order valence-corrected chi connectivity index (χ2v) is 9.08. The van der Waals surface area contributed by atoms with Gasteiger partial charge in [-0.3, -0.25) is 15.0 Å². The molecule has 0 heterocycles. The van der Waals surface area contributed by atoms with Gasteiger partial charge in [-0.1, -0.05) is 72.8 Å². The van der Waals surface area contributed by atoms with Gasteiger partial charge in [0.15, 0.2) is 5.96 Å². The van der Waals surface area contributed by atoms with Crippen molar-refractivity contribution in [3.63, 3.8) is 0 Å². The summed E-state index contributed by atoms with van der Waals surface area (Å²) in [4.78, 5) is 28.9. The number of carbonyl (C=O) groups is 2. The van der Waals surface area contributed by atoms with E-state index < -0.39 is 12.0 Å². The SMILES string of the molecule is CN(C)c1ccc(CNC(=O)C(CCCNC(=N)N)NC(=O)C(c2ccccc2)c2ccccc2)cc1. The van der Waals surface area contributed by atoms with Crippen molar-refractivity contribution in [2.45, 2.75) is 31.3 Å². The van der Waals surface area contributed by atoms with Crippen molar-refractivity contribution in [3.8, 4) is 0 Å². The van der Waals surface area contributed by atoms with E-state index in [1.165, 1.54) is 0 Å². The van der Waals surface area contributed by atoms with Crippen LogP contribution < -0.4 is 26.6 Å². The highest BCUT2D eigenvalue weighted by atomic mass is 16.2. The minimum Gasteiger partial charge on any atom is -0.378 e. The lowest BCUT2D eigenvalue weighted by Crippen LogP contribution is -2.48. The number of hydrogen-bond acceptors (Lipinski definition) is 4. The molecule has 0 saturated heterocycles. The Balaban J connectivity index is 1.74. The van der Waals surface area contributed by atoms with Crippen molar-refractivity contribution in [1.82, 2.24) is 16.0 Å². The largest absolute Gasteiger partial charge is 0.378 e. The van der Waals surface area contributed by atoms with E-state index in [0.29, 0.717) is 25.9 Å². The average molecular weight is 501 g/mol. The molecule has 8 heteroatoms. The molecular formula is C29H36N6O2. The lowest BCUT2D eigenvalue weighted by Gasteiger charge is -2.23. The molecule has 3 aromatic rings. The zero-order chi connectivity index (χ0) is 26.6. The minimum absolute atomic E-state index is 0.126. The number of guanidine groups is 1. The number of hydrogen-bond donors (Lipinski definition) is 5. The highest BCUT2D eigenvalue weighted by Crippen LogP contribution is 2.25. The van der Waals surface area contributed by atoms with Gasteiger partial charge in [-0.05, 0) is 41.7 Å². The first kappa shape index (κ1) is 27.3. The molecule has 1 atom stereocenters. The molecule has 3 aromatic carbocycles. The third-order valence-electron chi connectivity index (χ3n) is 6.07. The first-order chi connectivity index (χ1) is 17.8. The van der Waals surface area contributed by atoms with Crippen LogP contribution in [0.3, 0.4) is 0 Å². The normalized spacial score (nSPS) is 11.4. The Morgan fingerprint density at radius 2 is 1.41 bits per heavy atom. The molecule has 0 bridgehead atoms. The van der Waals surface area contributed by atoms with Crippen LogP contribution in [0.1, 0.15) is 35.4 Å². The Morgan fingerprint density at radius 1 is 0.838 bits per heavy atom. The number of amides is 2. The molecule has 1 unspecified atom stereocenters. The smallest absolute Gasteiger partial charge is 0.242 e. The van der Waals surface area contributed by atoms with Crippen molar-refractivity contribution in [2.75, 3.05) is 25.5 Å². The summed E-state index contributed by atoms with van der Waals surface area (Å²) in [6.07, 6.45) is 0.949. The third kappa shape index (κ3) is 8.38. The lowest BCUT2D eigenvalue weighted by molar-refractivity contribution is -0.129. The third-order valence-corrected chi connectivity index (χ3v) is 6.07. The second kappa shape index (κ2) is 13.7. The highest BCUT2D eigenvalue weighted by Gasteiger charge is 2.27. The molecule has 3 rings (SSSR count). The van der Waals surface area contributed by atoms with Gasteiger partial charge in [0.25, 0.3) is 0 Å². The zero-order valence-electron chi connectivity index (χ0n) is 21.4. The second-order valence-electron chi connectivity index (χ2n) is 9.08. The van der Waals surface area contributed by atoms with E-state index in [4.69, 9.17) is 11.1 Å². The summed E-state index contributed by atoms with van der Waals surface area (Å²) >= 11 is 0. The molecule has 2 amide bonds. The summed E-state index contributed by atoms with van der Waals surface area (Å²) in [5.74, 6) is -1.17. The van der Waals surface area contributed by atoms with Crippen LogP contribution in [-0.2, 0) is 16.1 Å². The standard InChI is InChI=1S/C29H36N6O2/c1-35(2)24-17-15-21(16-18-24)20-33-27(36)25(14-9-19-32-29(30)31)34-28(37)26(22-10-5-3-6-11-22)23-12-7-4-8-13-23/h3-8,10-13,15-18,25-26H,9,14,19-20H2,1-2H3,(H,33,36)(H,34,37)(H4,30,31,32). The fraction of sp³-hybridized carbons (Fsp3) is 0.276. The molecule has 0 aliphatic rings. The van der Waals surface area contributed by atoms with Crippen LogP contribution in [0.2, 0.25) is 0 Å². The number of nitrogens with one attached hydrogen (secondary N) is 4. The molecule has 194 valence electrons. The van der Waals surface area contributed by atoms with Gasteiger partial charge in [-0.15, -0.1) is 0 Å². The van der Waals surface area contributed by atoms with Crippen molar-refractivity contribution < 1.29 is 9.59 Å². The summed E-state index contributed by atoms with van der Waals surface area (Å²) in [7, 11) is 3.95. The molecule has 0 aromatic heterocycles. The fourth-order valence-corrected chi connectivity index (χ4v) is 4.06. The maximum atomic E-state index is 13.6. The predicted octanol–water partition coefficient (Wildman–Crippen LogP) is 2.95. The van der Waals surface area contributed by atoms with Crippen LogP contribution in [0.25, 0.3) is 0 Å². The lowest BCUT2D eigenvalue weighted by atomic mass is 9.90. The van der Waals surface area contributed by atoms with Gasteiger partial charge < -0.3 is 26.6 Å². The van der Waals surface area contributed by atoms with E-state index in [0.717, 1.165) is 22.4 Å². The molecule has 0 fully saturated rings. The molecular weight excluding hydrogens is 464 g/mol.